The van der Waals surface area contributed by atoms with Crippen LogP contribution in [0.2, 0.25) is 0 Å². The molecule has 3 N–H and O–H groups in total. The van der Waals surface area contributed by atoms with Crippen LogP contribution in [0.4, 0.5) is 27.9 Å². The smallest absolute Gasteiger partial charge is 0.324 e. The maximum Gasteiger partial charge on any atom is 0.324 e. The topological polar surface area (TPSA) is 131 Å². The van der Waals surface area contributed by atoms with Gasteiger partial charge in [-0.2, -0.15) is 5.10 Å². The molecular formula is C40H43N9O3. The first-order valence-corrected chi connectivity index (χ1v) is 17.4. The molecule has 3 aromatic heterocycles. The molecular weight excluding hydrogens is 654 g/mol. The van der Waals surface area contributed by atoms with Crippen molar-refractivity contribution in [3.8, 4) is 11.4 Å². The molecule has 0 spiro atoms. The molecule has 1 saturated heterocycles. The van der Waals surface area contributed by atoms with Crippen LogP contribution < -0.4 is 20.7 Å². The Morgan fingerprint density at radius 3 is 2.40 bits per heavy atom. The number of carbonyl (C=O) groups excluding carboxylic acids is 1. The second-order valence-electron chi connectivity index (χ2n) is 13.9. The van der Waals surface area contributed by atoms with Gasteiger partial charge in [0.2, 0.25) is 0 Å². The van der Waals surface area contributed by atoms with Crippen LogP contribution in [-0.2, 0) is 23.3 Å². The second-order valence-corrected chi connectivity index (χ2v) is 13.9. The van der Waals surface area contributed by atoms with E-state index in [9.17, 15) is 4.79 Å². The van der Waals surface area contributed by atoms with E-state index in [2.05, 4.69) is 56.6 Å². The van der Waals surface area contributed by atoms with E-state index >= 15 is 0 Å². The SMILES string of the molecule is Cc1ccc(-n2nc(C(C)(C)C)cc2NC(=O)Nc2ccc(OCc3ccnc(Nc4cnc(CN5CCOCC5)cn4)c3)c3ccccc23)cc1. The van der Waals surface area contributed by atoms with Crippen molar-refractivity contribution in [3.63, 3.8) is 0 Å². The summed E-state index contributed by atoms with van der Waals surface area (Å²) in [6.07, 6.45) is 5.26. The summed E-state index contributed by atoms with van der Waals surface area (Å²) >= 11 is 0. The number of nitrogens with one attached hydrogen (secondary N) is 3. The van der Waals surface area contributed by atoms with Crippen molar-refractivity contribution in [2.24, 2.45) is 0 Å². The Balaban J connectivity index is 1.01. The summed E-state index contributed by atoms with van der Waals surface area (Å²) in [5, 5.41) is 15.9. The first-order valence-electron chi connectivity index (χ1n) is 17.4. The minimum atomic E-state index is -0.374. The third-order valence-electron chi connectivity index (χ3n) is 8.80. The molecule has 12 nitrogen and oxygen atoms in total. The molecule has 1 aliphatic heterocycles. The summed E-state index contributed by atoms with van der Waals surface area (Å²) in [7, 11) is 0. The Hall–Kier alpha value is -5.85. The quantitative estimate of drug-likeness (QED) is 0.132. The number of urea groups is 1. The number of fused-ring (bicyclic) bond motifs is 1. The highest BCUT2D eigenvalue weighted by molar-refractivity contribution is 6.07. The van der Waals surface area contributed by atoms with Crippen LogP contribution in [0.25, 0.3) is 16.5 Å². The van der Waals surface area contributed by atoms with E-state index in [4.69, 9.17) is 14.6 Å². The summed E-state index contributed by atoms with van der Waals surface area (Å²) in [4.78, 5) is 29.3. The molecule has 1 aliphatic rings. The third kappa shape index (κ3) is 8.36. The second kappa shape index (κ2) is 15.2. The molecule has 266 valence electrons. The summed E-state index contributed by atoms with van der Waals surface area (Å²) in [5.41, 5.74) is 5.18. The van der Waals surface area contributed by atoms with Gasteiger partial charge in [0, 0.05) is 48.1 Å². The molecule has 0 atom stereocenters. The number of anilines is 4. The van der Waals surface area contributed by atoms with Crippen molar-refractivity contribution in [3.05, 3.63) is 120 Å². The van der Waals surface area contributed by atoms with E-state index < -0.39 is 0 Å². The largest absolute Gasteiger partial charge is 0.488 e. The highest BCUT2D eigenvalue weighted by Crippen LogP contribution is 2.33. The number of ether oxygens (including phenoxy) is 2. The van der Waals surface area contributed by atoms with E-state index in [1.165, 1.54) is 0 Å². The van der Waals surface area contributed by atoms with Crippen LogP contribution in [0.15, 0.2) is 97.5 Å². The monoisotopic (exact) mass is 697 g/mol. The van der Waals surface area contributed by atoms with Gasteiger partial charge >= 0.3 is 6.03 Å². The number of morpholine rings is 1. The minimum absolute atomic E-state index is 0.201. The summed E-state index contributed by atoms with van der Waals surface area (Å²) in [5.74, 6) is 2.53. The summed E-state index contributed by atoms with van der Waals surface area (Å²) < 4.78 is 13.5. The standard InChI is InChI=1S/C40H43N9O3/c1-27-9-11-30(12-10-27)49-38(22-35(47-49)40(2,3)4)46-39(50)44-33-13-14-34(32-8-6-5-7-31(32)33)52-26-28-15-16-41-36(21-28)45-37-24-42-29(23-43-37)25-48-17-19-51-20-18-48/h5-16,21-24H,17-20,25-26H2,1-4H3,(H,41,43,45)(H2,44,46,50). The van der Waals surface area contributed by atoms with E-state index in [0.29, 0.717) is 35.5 Å². The van der Waals surface area contributed by atoms with Crippen LogP contribution in [0.5, 0.6) is 5.75 Å². The number of hydrogen-bond donors (Lipinski definition) is 3. The molecule has 6 aromatic rings. The Labute approximate surface area is 303 Å². The van der Waals surface area contributed by atoms with Gasteiger partial charge in [-0.1, -0.05) is 62.7 Å². The number of carbonyl (C=O) groups is 1. The molecule has 2 amide bonds. The molecule has 12 heteroatoms. The maximum absolute atomic E-state index is 13.5. The minimum Gasteiger partial charge on any atom is -0.488 e. The summed E-state index contributed by atoms with van der Waals surface area (Å²) in [6.45, 7) is 12.7. The average Bonchev–Trinajstić information content (AvgIpc) is 3.57. The van der Waals surface area contributed by atoms with Gasteiger partial charge in [0.25, 0.3) is 0 Å². The van der Waals surface area contributed by atoms with Crippen molar-refractivity contribution in [1.82, 2.24) is 29.6 Å². The predicted molar refractivity (Wildman–Crippen MR) is 204 cm³/mol. The lowest BCUT2D eigenvalue weighted by Crippen LogP contribution is -2.35. The fourth-order valence-corrected chi connectivity index (χ4v) is 5.91. The average molecular weight is 698 g/mol. The van der Waals surface area contributed by atoms with E-state index in [1.54, 1.807) is 23.3 Å². The molecule has 4 heterocycles. The van der Waals surface area contributed by atoms with Crippen LogP contribution >= 0.6 is 0 Å². The zero-order chi connectivity index (χ0) is 36.1. The number of hydrogen-bond acceptors (Lipinski definition) is 9. The lowest BCUT2D eigenvalue weighted by Gasteiger charge is -2.25. The highest BCUT2D eigenvalue weighted by Gasteiger charge is 2.22. The highest BCUT2D eigenvalue weighted by atomic mass is 16.5. The molecule has 0 radical (unpaired) electrons. The van der Waals surface area contributed by atoms with Crippen molar-refractivity contribution in [2.75, 3.05) is 42.3 Å². The van der Waals surface area contributed by atoms with Crippen molar-refractivity contribution < 1.29 is 14.3 Å². The van der Waals surface area contributed by atoms with E-state index in [-0.39, 0.29) is 11.4 Å². The van der Waals surface area contributed by atoms with Gasteiger partial charge in [-0.25, -0.2) is 19.4 Å². The van der Waals surface area contributed by atoms with Crippen LogP contribution in [0.1, 0.15) is 43.3 Å². The fourth-order valence-electron chi connectivity index (χ4n) is 5.91. The van der Waals surface area contributed by atoms with Crippen molar-refractivity contribution >= 4 is 39.9 Å². The number of rotatable bonds is 10. The van der Waals surface area contributed by atoms with Gasteiger partial charge in [-0.3, -0.25) is 15.2 Å². The Bertz CT molecular complexity index is 2150. The lowest BCUT2D eigenvalue weighted by atomic mass is 9.92. The number of aryl methyl sites for hydroxylation is 1. The number of amides is 2. The van der Waals surface area contributed by atoms with Crippen molar-refractivity contribution in [2.45, 2.75) is 46.3 Å². The molecule has 0 unspecified atom stereocenters. The summed E-state index contributed by atoms with van der Waals surface area (Å²) in [6, 6.07) is 25.0. The first kappa shape index (κ1) is 34.6. The molecule has 0 bridgehead atoms. The Kier molecular flexibility index (Phi) is 10.1. The molecule has 3 aromatic carbocycles. The molecule has 0 saturated carbocycles. The molecule has 52 heavy (non-hydrogen) atoms. The van der Waals surface area contributed by atoms with Gasteiger partial charge in [0.05, 0.1) is 48.4 Å². The van der Waals surface area contributed by atoms with Gasteiger partial charge in [0.1, 0.15) is 29.8 Å². The predicted octanol–water partition coefficient (Wildman–Crippen LogP) is 7.62. The third-order valence-corrected chi connectivity index (χ3v) is 8.80. The van der Waals surface area contributed by atoms with Gasteiger partial charge < -0.3 is 20.1 Å². The number of nitrogens with zero attached hydrogens (tertiary/aromatic N) is 6. The number of aromatic nitrogens is 5. The Morgan fingerprint density at radius 1 is 0.865 bits per heavy atom. The van der Waals surface area contributed by atoms with Gasteiger partial charge in [-0.15, -0.1) is 0 Å². The number of pyridine rings is 1. The fraction of sp³-hybridized carbons (Fsp3) is 0.275. The number of benzene rings is 3. The zero-order valence-electron chi connectivity index (χ0n) is 29.9. The lowest BCUT2D eigenvalue weighted by molar-refractivity contribution is 0.0336. The van der Waals surface area contributed by atoms with Crippen LogP contribution in [-0.4, -0.2) is 62.0 Å². The van der Waals surface area contributed by atoms with Crippen LogP contribution in [0.3, 0.4) is 0 Å². The maximum atomic E-state index is 13.5. The Morgan fingerprint density at radius 2 is 1.65 bits per heavy atom. The van der Waals surface area contributed by atoms with Gasteiger partial charge in [0.15, 0.2) is 0 Å². The molecule has 7 rings (SSSR count). The molecule has 1 fully saturated rings. The van der Waals surface area contributed by atoms with E-state index in [0.717, 1.165) is 71.8 Å². The van der Waals surface area contributed by atoms with Crippen molar-refractivity contribution in [1.29, 1.82) is 0 Å². The molecule has 0 aliphatic carbocycles. The zero-order valence-corrected chi connectivity index (χ0v) is 29.9. The first-order chi connectivity index (χ1) is 25.2. The normalized spacial score (nSPS) is 13.5. The van der Waals surface area contributed by atoms with Crippen LogP contribution in [0, 0.1) is 6.92 Å². The van der Waals surface area contributed by atoms with Gasteiger partial charge in [-0.05, 0) is 48.9 Å². The van der Waals surface area contributed by atoms with E-state index in [1.807, 2.05) is 85.8 Å².